The predicted molar refractivity (Wildman–Crippen MR) is 59.5 cm³/mol. The van der Waals surface area contributed by atoms with Crippen molar-refractivity contribution in [2.24, 2.45) is 0 Å². The van der Waals surface area contributed by atoms with E-state index in [-0.39, 0.29) is 0 Å². The van der Waals surface area contributed by atoms with Crippen LogP contribution in [0.2, 0.25) is 0 Å². The van der Waals surface area contributed by atoms with E-state index in [0.717, 1.165) is 10.7 Å². The smallest absolute Gasteiger partial charge is 0.307 e. The number of hydrogen-bond acceptors (Lipinski definition) is 3. The molecule has 4 heteroatoms. The first-order valence-electron chi connectivity index (χ1n) is 4.17. The first-order valence-corrected chi connectivity index (χ1v) is 4.96. The quantitative estimate of drug-likeness (QED) is 0.470. The predicted octanol–water partition coefficient (Wildman–Crippen LogP) is 2.88. The summed E-state index contributed by atoms with van der Waals surface area (Å²) in [7, 11) is 0. The molecule has 0 unspecified atom stereocenters. The molecule has 0 saturated heterocycles. The second-order valence-corrected chi connectivity index (χ2v) is 3.68. The fourth-order valence-electron chi connectivity index (χ4n) is 0.930. The molecule has 0 fully saturated rings. The zero-order valence-electron chi connectivity index (χ0n) is 8.03. The Morgan fingerprint density at radius 2 is 2.07 bits per heavy atom. The molecular weight excluding hydrogens is 258 g/mol. The number of nitrogens with zero attached hydrogens (tertiary/aromatic N) is 1. The van der Waals surface area contributed by atoms with Crippen LogP contribution in [0.1, 0.15) is 12.5 Å². The fourth-order valence-corrected chi connectivity index (χ4v) is 1.19. The van der Waals surface area contributed by atoms with E-state index in [1.165, 1.54) is 6.92 Å². The molecule has 1 rings (SSSR count). The highest BCUT2D eigenvalue weighted by atomic mass is 79.9. The molecule has 0 aliphatic carbocycles. The molecule has 0 atom stereocenters. The van der Waals surface area contributed by atoms with Crippen molar-refractivity contribution in [3.05, 3.63) is 40.6 Å². The van der Waals surface area contributed by atoms with Gasteiger partial charge in [-0.25, -0.2) is 0 Å². The number of carbonyl (C=O) groups excluding carboxylic acids is 1. The molecule has 0 spiro atoms. The molecule has 0 aliphatic heterocycles. The Labute approximate surface area is 96.1 Å². The molecule has 0 aromatic heterocycles. The molecule has 1 aromatic carbocycles. The fraction of sp³-hybridized carbons (Fsp3) is 0.0909. The second kappa shape index (κ2) is 5.32. The van der Waals surface area contributed by atoms with Gasteiger partial charge >= 0.3 is 5.97 Å². The van der Waals surface area contributed by atoms with Crippen LogP contribution in [0.15, 0.2) is 35.0 Å². The summed E-state index contributed by atoms with van der Waals surface area (Å²) in [5, 5.41) is 8.84. The molecule has 15 heavy (non-hydrogen) atoms. The largest absolute Gasteiger partial charge is 0.433 e. The van der Waals surface area contributed by atoms with Crippen LogP contribution in [0.4, 0.5) is 0 Å². The average molecular weight is 266 g/mol. The van der Waals surface area contributed by atoms with Gasteiger partial charge in [0.25, 0.3) is 0 Å². The van der Waals surface area contributed by atoms with Crippen LogP contribution in [0.25, 0.3) is 5.57 Å². The van der Waals surface area contributed by atoms with Crippen LogP contribution < -0.4 is 0 Å². The van der Waals surface area contributed by atoms with Crippen molar-refractivity contribution in [1.29, 1.82) is 5.26 Å². The lowest BCUT2D eigenvalue weighted by Gasteiger charge is -1.99. The minimum atomic E-state index is -0.445. The van der Waals surface area contributed by atoms with Gasteiger partial charge in [0.15, 0.2) is 0 Å². The SMILES string of the molecule is CC(=O)O/C=C(\C#N)c1ccc(Br)cc1. The molecule has 0 amide bonds. The molecule has 3 nitrogen and oxygen atoms in total. The third-order valence-corrected chi connectivity index (χ3v) is 2.15. The van der Waals surface area contributed by atoms with Crippen molar-refractivity contribution in [1.82, 2.24) is 0 Å². The molecule has 0 radical (unpaired) electrons. The van der Waals surface area contributed by atoms with Crippen LogP contribution >= 0.6 is 15.9 Å². The van der Waals surface area contributed by atoms with Crippen molar-refractivity contribution in [2.45, 2.75) is 6.92 Å². The molecule has 0 bridgehead atoms. The van der Waals surface area contributed by atoms with Crippen molar-refractivity contribution in [3.8, 4) is 6.07 Å². The number of benzene rings is 1. The number of esters is 1. The third kappa shape index (κ3) is 3.56. The summed E-state index contributed by atoms with van der Waals surface area (Å²) >= 11 is 3.29. The van der Waals surface area contributed by atoms with Gasteiger partial charge in [-0.3, -0.25) is 4.79 Å². The van der Waals surface area contributed by atoms with E-state index < -0.39 is 5.97 Å². The minimum absolute atomic E-state index is 0.317. The van der Waals surface area contributed by atoms with Crippen LogP contribution in [0.3, 0.4) is 0 Å². The number of carbonyl (C=O) groups is 1. The number of ether oxygens (including phenoxy) is 1. The van der Waals surface area contributed by atoms with Gasteiger partial charge in [-0.2, -0.15) is 5.26 Å². The van der Waals surface area contributed by atoms with Crippen LogP contribution in [-0.4, -0.2) is 5.97 Å². The highest BCUT2D eigenvalue weighted by molar-refractivity contribution is 9.10. The zero-order chi connectivity index (χ0) is 11.3. The summed E-state index contributed by atoms with van der Waals surface area (Å²) in [6.07, 6.45) is 1.16. The average Bonchev–Trinajstić information content (AvgIpc) is 2.21. The normalized spacial score (nSPS) is 10.6. The lowest BCUT2D eigenvalue weighted by Crippen LogP contribution is -1.92. The summed E-state index contributed by atoms with van der Waals surface area (Å²) in [5.41, 5.74) is 1.03. The summed E-state index contributed by atoms with van der Waals surface area (Å²) in [6.45, 7) is 1.28. The van der Waals surface area contributed by atoms with Gasteiger partial charge in [0.1, 0.15) is 12.3 Å². The van der Waals surface area contributed by atoms with Crippen molar-refractivity contribution in [3.63, 3.8) is 0 Å². The summed E-state index contributed by atoms with van der Waals surface area (Å²) in [6, 6.07) is 9.12. The third-order valence-electron chi connectivity index (χ3n) is 1.62. The Bertz CT molecular complexity index is 429. The number of rotatable bonds is 2. The van der Waals surface area contributed by atoms with E-state index in [2.05, 4.69) is 20.7 Å². The Morgan fingerprint density at radius 3 is 2.53 bits per heavy atom. The van der Waals surface area contributed by atoms with Gasteiger partial charge in [0.2, 0.25) is 0 Å². The topological polar surface area (TPSA) is 50.1 Å². The van der Waals surface area contributed by atoms with E-state index in [9.17, 15) is 4.79 Å². The first-order chi connectivity index (χ1) is 7.13. The Hall–Kier alpha value is -1.60. The van der Waals surface area contributed by atoms with Crippen LogP contribution in [-0.2, 0) is 9.53 Å². The van der Waals surface area contributed by atoms with E-state index >= 15 is 0 Å². The molecule has 0 saturated carbocycles. The number of halogens is 1. The van der Waals surface area contributed by atoms with Crippen molar-refractivity contribution in [2.75, 3.05) is 0 Å². The van der Waals surface area contributed by atoms with E-state index in [4.69, 9.17) is 5.26 Å². The van der Waals surface area contributed by atoms with Gasteiger partial charge in [-0.1, -0.05) is 28.1 Å². The monoisotopic (exact) mass is 265 g/mol. The maximum atomic E-state index is 10.6. The van der Waals surface area contributed by atoms with E-state index in [1.807, 2.05) is 18.2 Å². The number of nitriles is 1. The summed E-state index contributed by atoms with van der Waals surface area (Å²) < 4.78 is 5.57. The number of allylic oxidation sites excluding steroid dienone is 1. The molecule has 76 valence electrons. The molecule has 0 aliphatic rings. The Balaban J connectivity index is 2.93. The molecule has 0 heterocycles. The highest BCUT2D eigenvalue weighted by Gasteiger charge is 2.01. The van der Waals surface area contributed by atoms with Gasteiger partial charge in [0.05, 0.1) is 5.57 Å². The highest BCUT2D eigenvalue weighted by Crippen LogP contribution is 2.17. The molecular formula is C11H8BrNO2. The zero-order valence-corrected chi connectivity index (χ0v) is 9.61. The van der Waals surface area contributed by atoms with E-state index in [0.29, 0.717) is 11.1 Å². The van der Waals surface area contributed by atoms with Gasteiger partial charge in [-0.15, -0.1) is 0 Å². The van der Waals surface area contributed by atoms with E-state index in [1.54, 1.807) is 12.1 Å². The maximum Gasteiger partial charge on any atom is 0.307 e. The lowest BCUT2D eigenvalue weighted by atomic mass is 10.1. The Kier molecular flexibility index (Phi) is 4.07. The van der Waals surface area contributed by atoms with Crippen molar-refractivity contribution >= 4 is 27.5 Å². The minimum Gasteiger partial charge on any atom is -0.433 e. The Morgan fingerprint density at radius 1 is 1.47 bits per heavy atom. The lowest BCUT2D eigenvalue weighted by molar-refractivity contribution is -0.135. The van der Waals surface area contributed by atoms with Crippen LogP contribution in [0.5, 0.6) is 0 Å². The van der Waals surface area contributed by atoms with Crippen LogP contribution in [0, 0.1) is 11.3 Å². The molecule has 1 aromatic rings. The van der Waals surface area contributed by atoms with Crippen molar-refractivity contribution < 1.29 is 9.53 Å². The van der Waals surface area contributed by atoms with Gasteiger partial charge in [-0.05, 0) is 17.7 Å². The molecule has 0 N–H and O–H groups in total. The second-order valence-electron chi connectivity index (χ2n) is 2.76. The first kappa shape index (κ1) is 11.5. The number of hydrogen-bond donors (Lipinski definition) is 0. The standard InChI is InChI=1S/C11H8BrNO2/c1-8(14)15-7-10(6-13)9-2-4-11(12)5-3-9/h2-5,7H,1H3/b10-7+. The van der Waals surface area contributed by atoms with Gasteiger partial charge in [0, 0.05) is 11.4 Å². The summed E-state index contributed by atoms with van der Waals surface area (Å²) in [5.74, 6) is -0.445. The summed E-state index contributed by atoms with van der Waals surface area (Å²) in [4.78, 5) is 10.6. The van der Waals surface area contributed by atoms with Gasteiger partial charge < -0.3 is 4.74 Å². The maximum absolute atomic E-state index is 10.6.